The van der Waals surface area contributed by atoms with Crippen molar-refractivity contribution in [3.8, 4) is 0 Å². The molecule has 9 nitrogen and oxygen atoms in total. The molecule has 1 fully saturated rings. The van der Waals surface area contributed by atoms with E-state index in [4.69, 9.17) is 5.73 Å². The Labute approximate surface area is 193 Å². The molecule has 0 aromatic carbocycles. The fourth-order valence-electron chi connectivity index (χ4n) is 3.83. The minimum atomic E-state index is -0.883. The summed E-state index contributed by atoms with van der Waals surface area (Å²) in [5.41, 5.74) is 6.82. The van der Waals surface area contributed by atoms with Crippen molar-refractivity contribution < 1.29 is 14.4 Å². The van der Waals surface area contributed by atoms with Gasteiger partial charge in [-0.15, -0.1) is 0 Å². The molecule has 184 valence electrons. The van der Waals surface area contributed by atoms with Crippen LogP contribution in [0.25, 0.3) is 0 Å². The van der Waals surface area contributed by atoms with E-state index in [2.05, 4.69) is 34.8 Å². The molecule has 3 amide bonds. The number of hydrogen-bond donors (Lipinski definition) is 5. The smallest absolute Gasteiger partial charge is 0.243 e. The molecular formula is C23H44N6O3. The van der Waals surface area contributed by atoms with Crippen LogP contribution in [0.1, 0.15) is 64.7 Å². The molecule has 0 spiro atoms. The number of hydrogen-bond acceptors (Lipinski definition) is 6. The summed E-state index contributed by atoms with van der Waals surface area (Å²) in [6.45, 7) is 7.16. The first-order chi connectivity index (χ1) is 15.3. The molecular weight excluding hydrogens is 408 g/mol. The minimum Gasteiger partial charge on any atom is -0.380 e. The summed E-state index contributed by atoms with van der Waals surface area (Å²) in [5, 5.41) is 11.8. The van der Waals surface area contributed by atoms with Crippen molar-refractivity contribution in [1.29, 1.82) is 0 Å². The van der Waals surface area contributed by atoms with E-state index in [-0.39, 0.29) is 42.8 Å². The summed E-state index contributed by atoms with van der Waals surface area (Å²) < 4.78 is 0. The summed E-state index contributed by atoms with van der Waals surface area (Å²) in [6.07, 6.45) is 7.55. The van der Waals surface area contributed by atoms with Crippen molar-refractivity contribution in [2.75, 3.05) is 33.7 Å². The van der Waals surface area contributed by atoms with Crippen molar-refractivity contribution in [1.82, 2.24) is 26.2 Å². The van der Waals surface area contributed by atoms with Gasteiger partial charge < -0.3 is 31.9 Å². The van der Waals surface area contributed by atoms with Gasteiger partial charge >= 0.3 is 0 Å². The maximum absolute atomic E-state index is 12.8. The van der Waals surface area contributed by atoms with Gasteiger partial charge in [-0.3, -0.25) is 14.4 Å². The molecule has 6 N–H and O–H groups in total. The summed E-state index contributed by atoms with van der Waals surface area (Å²) in [7, 11) is 3.36. The molecule has 0 bridgehead atoms. The van der Waals surface area contributed by atoms with Gasteiger partial charge in [-0.05, 0) is 45.6 Å². The summed E-state index contributed by atoms with van der Waals surface area (Å²) in [6, 6.07) is -0.768. The SMILES string of the molecule is C=C(CCCCC)NCC(=O)N(C)C(CC(=O)NC1CCCC(N)C1)C(=O)NCCNC. The van der Waals surface area contributed by atoms with Crippen LogP contribution in [0.4, 0.5) is 0 Å². The molecule has 9 heteroatoms. The maximum atomic E-state index is 12.8. The van der Waals surface area contributed by atoms with Crippen LogP contribution in [0.15, 0.2) is 12.3 Å². The number of nitrogens with one attached hydrogen (secondary N) is 4. The normalized spacial score (nSPS) is 19.0. The number of nitrogens with zero attached hydrogens (tertiary/aromatic N) is 1. The number of carbonyl (C=O) groups is 3. The Hall–Kier alpha value is -2.13. The molecule has 0 radical (unpaired) electrons. The van der Waals surface area contributed by atoms with E-state index in [0.29, 0.717) is 13.1 Å². The third kappa shape index (κ3) is 10.9. The number of allylic oxidation sites excluding steroid dienone is 1. The fraction of sp³-hybridized carbons (Fsp3) is 0.783. The third-order valence-electron chi connectivity index (χ3n) is 5.87. The third-order valence-corrected chi connectivity index (χ3v) is 5.87. The van der Waals surface area contributed by atoms with Gasteiger partial charge in [-0.25, -0.2) is 0 Å². The van der Waals surface area contributed by atoms with Crippen molar-refractivity contribution in [3.63, 3.8) is 0 Å². The predicted octanol–water partition coefficient (Wildman–Crippen LogP) is 0.609. The van der Waals surface area contributed by atoms with Crippen LogP contribution < -0.4 is 27.0 Å². The van der Waals surface area contributed by atoms with Gasteiger partial charge in [0.2, 0.25) is 17.7 Å². The quantitative estimate of drug-likeness (QED) is 0.232. The second-order valence-corrected chi connectivity index (χ2v) is 8.72. The summed E-state index contributed by atoms with van der Waals surface area (Å²) in [4.78, 5) is 39.6. The van der Waals surface area contributed by atoms with E-state index in [1.807, 2.05) is 0 Å². The monoisotopic (exact) mass is 452 g/mol. The second-order valence-electron chi connectivity index (χ2n) is 8.72. The largest absolute Gasteiger partial charge is 0.380 e. The van der Waals surface area contributed by atoms with Gasteiger partial charge in [0.05, 0.1) is 13.0 Å². The number of rotatable bonds is 15. The Morgan fingerprint density at radius 1 is 1.16 bits per heavy atom. The second kappa shape index (κ2) is 15.6. The highest BCUT2D eigenvalue weighted by atomic mass is 16.2. The first-order valence-corrected chi connectivity index (χ1v) is 11.9. The fourth-order valence-corrected chi connectivity index (χ4v) is 3.83. The van der Waals surface area contributed by atoms with Crippen LogP contribution in [0.5, 0.6) is 0 Å². The molecule has 0 aromatic rings. The first-order valence-electron chi connectivity index (χ1n) is 11.9. The average molecular weight is 453 g/mol. The van der Waals surface area contributed by atoms with Crippen molar-refractivity contribution in [2.24, 2.45) is 5.73 Å². The van der Waals surface area contributed by atoms with E-state index in [1.165, 1.54) is 4.90 Å². The lowest BCUT2D eigenvalue weighted by Crippen LogP contribution is -2.53. The van der Waals surface area contributed by atoms with E-state index < -0.39 is 6.04 Å². The van der Waals surface area contributed by atoms with Gasteiger partial charge in [0.25, 0.3) is 0 Å². The minimum absolute atomic E-state index is 0.0216. The Balaban J connectivity index is 2.67. The van der Waals surface area contributed by atoms with Gasteiger partial charge in [0, 0.05) is 37.9 Å². The molecule has 0 heterocycles. The van der Waals surface area contributed by atoms with Crippen LogP contribution in [-0.2, 0) is 14.4 Å². The zero-order valence-corrected chi connectivity index (χ0v) is 20.2. The lowest BCUT2D eigenvalue weighted by Gasteiger charge is -2.30. The zero-order valence-electron chi connectivity index (χ0n) is 20.2. The first kappa shape index (κ1) is 27.9. The molecule has 1 aliphatic carbocycles. The van der Waals surface area contributed by atoms with Crippen LogP contribution >= 0.6 is 0 Å². The van der Waals surface area contributed by atoms with Gasteiger partial charge in [-0.2, -0.15) is 0 Å². The highest BCUT2D eigenvalue weighted by molar-refractivity contribution is 5.92. The Morgan fingerprint density at radius 3 is 2.56 bits per heavy atom. The molecule has 3 atom stereocenters. The lowest BCUT2D eigenvalue weighted by molar-refractivity contribution is -0.140. The molecule has 0 aliphatic heterocycles. The number of amides is 3. The molecule has 1 saturated carbocycles. The molecule has 32 heavy (non-hydrogen) atoms. The van der Waals surface area contributed by atoms with E-state index in [1.54, 1.807) is 14.1 Å². The highest BCUT2D eigenvalue weighted by Crippen LogP contribution is 2.17. The lowest BCUT2D eigenvalue weighted by atomic mass is 9.91. The number of carbonyl (C=O) groups excluding carboxylic acids is 3. The van der Waals surface area contributed by atoms with E-state index in [0.717, 1.165) is 57.1 Å². The average Bonchev–Trinajstić information content (AvgIpc) is 2.75. The highest BCUT2D eigenvalue weighted by Gasteiger charge is 2.30. The standard InChI is InChI=1S/C23H44N6O3/c1-5-6-7-9-17(2)27-16-22(31)29(4)20(23(32)26-13-12-25-3)15-21(30)28-19-11-8-10-18(24)14-19/h18-20,25,27H,2,5-16,24H2,1,3-4H3,(H,26,32)(H,28,30). The number of nitrogens with two attached hydrogens (primary N) is 1. The van der Waals surface area contributed by atoms with Gasteiger partial charge in [0.1, 0.15) is 6.04 Å². The van der Waals surface area contributed by atoms with Crippen LogP contribution in [-0.4, -0.2) is 74.5 Å². The van der Waals surface area contributed by atoms with Gasteiger partial charge in [0.15, 0.2) is 0 Å². The number of unbranched alkanes of at least 4 members (excludes halogenated alkanes) is 2. The van der Waals surface area contributed by atoms with Crippen LogP contribution in [0, 0.1) is 0 Å². The summed E-state index contributed by atoms with van der Waals surface area (Å²) >= 11 is 0. The molecule has 0 aromatic heterocycles. The van der Waals surface area contributed by atoms with Crippen LogP contribution in [0.2, 0.25) is 0 Å². The predicted molar refractivity (Wildman–Crippen MR) is 128 cm³/mol. The molecule has 3 unspecified atom stereocenters. The number of likely N-dealkylation sites (N-methyl/N-ethyl adjacent to an activating group) is 2. The topological polar surface area (TPSA) is 129 Å². The Morgan fingerprint density at radius 2 is 1.91 bits per heavy atom. The molecule has 1 rings (SSSR count). The zero-order chi connectivity index (χ0) is 23.9. The van der Waals surface area contributed by atoms with E-state index >= 15 is 0 Å². The van der Waals surface area contributed by atoms with Crippen molar-refractivity contribution >= 4 is 17.7 Å². The van der Waals surface area contributed by atoms with E-state index in [9.17, 15) is 14.4 Å². The van der Waals surface area contributed by atoms with Crippen molar-refractivity contribution in [2.45, 2.75) is 82.8 Å². The van der Waals surface area contributed by atoms with Crippen LogP contribution in [0.3, 0.4) is 0 Å². The summed E-state index contributed by atoms with van der Waals surface area (Å²) in [5.74, 6) is -0.842. The maximum Gasteiger partial charge on any atom is 0.243 e. The Bertz CT molecular complexity index is 613. The Kier molecular flexibility index (Phi) is 13.6. The molecule has 0 saturated heterocycles. The molecule has 1 aliphatic rings. The van der Waals surface area contributed by atoms with Gasteiger partial charge in [-0.1, -0.05) is 26.3 Å². The van der Waals surface area contributed by atoms with Crippen molar-refractivity contribution in [3.05, 3.63) is 12.3 Å².